The average molecular weight is 412 g/mol. The number of aromatic amines is 1. The van der Waals surface area contributed by atoms with Gasteiger partial charge in [-0.3, -0.25) is 0 Å². The molecule has 160 valence electrons. The molecule has 2 N–H and O–H groups in total. The smallest absolute Gasteiger partial charge is 0.123 e. The van der Waals surface area contributed by atoms with Crippen LogP contribution in [0.4, 0.5) is 0 Å². The lowest BCUT2D eigenvalue weighted by Gasteiger charge is -2.27. The Kier molecular flexibility index (Phi) is 4.57. The Hall–Kier alpha value is -2.39. The molecular weight excluding hydrogens is 378 g/mol. The Morgan fingerprint density at radius 1 is 0.968 bits per heavy atom. The molecular formula is C28H33N3. The van der Waals surface area contributed by atoms with Crippen LogP contribution in [0.5, 0.6) is 0 Å². The van der Waals surface area contributed by atoms with Crippen LogP contribution < -0.4 is 5.32 Å². The first-order chi connectivity index (χ1) is 15.1. The molecule has 1 saturated heterocycles. The molecule has 0 unspecified atom stereocenters. The van der Waals surface area contributed by atoms with Crippen LogP contribution >= 0.6 is 0 Å². The number of aromatic nitrogens is 2. The van der Waals surface area contributed by atoms with E-state index in [0.717, 1.165) is 30.4 Å². The molecule has 1 aromatic heterocycles. The van der Waals surface area contributed by atoms with Crippen LogP contribution in [0, 0.1) is 12.8 Å². The van der Waals surface area contributed by atoms with Crippen LogP contribution in [0.15, 0.2) is 42.6 Å². The van der Waals surface area contributed by atoms with Gasteiger partial charge in [-0.25, -0.2) is 4.98 Å². The van der Waals surface area contributed by atoms with Crippen molar-refractivity contribution in [1.29, 1.82) is 0 Å². The first kappa shape index (κ1) is 19.3. The van der Waals surface area contributed by atoms with Crippen molar-refractivity contribution in [1.82, 2.24) is 15.3 Å². The molecule has 2 fully saturated rings. The van der Waals surface area contributed by atoms with Gasteiger partial charge in [0.2, 0.25) is 0 Å². The van der Waals surface area contributed by atoms with Crippen molar-refractivity contribution >= 4 is 0 Å². The minimum atomic E-state index is 0.362. The van der Waals surface area contributed by atoms with Gasteiger partial charge in [-0.2, -0.15) is 0 Å². The number of imidazole rings is 1. The predicted molar refractivity (Wildman–Crippen MR) is 127 cm³/mol. The van der Waals surface area contributed by atoms with Crippen molar-refractivity contribution in [2.45, 2.75) is 70.3 Å². The Morgan fingerprint density at radius 2 is 1.74 bits per heavy atom. The number of fused-ring (bicyclic) bond motifs is 2. The van der Waals surface area contributed by atoms with E-state index in [1.54, 1.807) is 11.1 Å². The van der Waals surface area contributed by atoms with E-state index < -0.39 is 0 Å². The van der Waals surface area contributed by atoms with Crippen molar-refractivity contribution < 1.29 is 0 Å². The lowest BCUT2D eigenvalue weighted by Crippen LogP contribution is -2.19. The fraction of sp³-hybridized carbons (Fsp3) is 0.464. The van der Waals surface area contributed by atoms with Gasteiger partial charge in [0.15, 0.2) is 0 Å². The van der Waals surface area contributed by atoms with Gasteiger partial charge in [0.25, 0.3) is 0 Å². The zero-order valence-electron chi connectivity index (χ0n) is 18.8. The fourth-order valence-corrected chi connectivity index (χ4v) is 6.57. The van der Waals surface area contributed by atoms with Crippen molar-refractivity contribution in [2.75, 3.05) is 6.54 Å². The highest BCUT2D eigenvalue weighted by atomic mass is 15.0. The van der Waals surface area contributed by atoms with Gasteiger partial charge in [-0.1, -0.05) is 56.2 Å². The third-order valence-electron chi connectivity index (χ3n) is 8.27. The summed E-state index contributed by atoms with van der Waals surface area (Å²) in [6.07, 6.45) is 11.3. The summed E-state index contributed by atoms with van der Waals surface area (Å²) in [5, 5.41) is 3.58. The zero-order chi connectivity index (χ0) is 21.0. The van der Waals surface area contributed by atoms with Crippen molar-refractivity contribution in [3.8, 4) is 22.4 Å². The van der Waals surface area contributed by atoms with E-state index in [0.29, 0.717) is 11.5 Å². The highest BCUT2D eigenvalue weighted by molar-refractivity contribution is 5.75. The van der Waals surface area contributed by atoms with E-state index in [9.17, 15) is 0 Å². The third-order valence-corrected chi connectivity index (χ3v) is 8.27. The maximum atomic E-state index is 4.68. The van der Waals surface area contributed by atoms with Crippen LogP contribution in [0.25, 0.3) is 22.4 Å². The van der Waals surface area contributed by atoms with E-state index >= 15 is 0 Å². The quantitative estimate of drug-likeness (QED) is 0.518. The van der Waals surface area contributed by atoms with Crippen molar-refractivity contribution in [3.05, 3.63) is 65.1 Å². The third kappa shape index (κ3) is 3.17. The van der Waals surface area contributed by atoms with E-state index in [1.807, 2.05) is 6.20 Å². The molecule has 1 spiro atoms. The number of hydrogen-bond acceptors (Lipinski definition) is 2. The molecule has 31 heavy (non-hydrogen) atoms. The fourth-order valence-electron chi connectivity index (χ4n) is 6.57. The summed E-state index contributed by atoms with van der Waals surface area (Å²) in [6.45, 7) is 5.68. The largest absolute Gasteiger partial charge is 0.341 e. The molecule has 2 heterocycles. The van der Waals surface area contributed by atoms with Gasteiger partial charge in [0, 0.05) is 0 Å². The Bertz CT molecular complexity index is 1100. The number of nitrogens with zero attached hydrogens (tertiary/aromatic N) is 1. The predicted octanol–water partition coefficient (Wildman–Crippen LogP) is 6.48. The summed E-state index contributed by atoms with van der Waals surface area (Å²) in [4.78, 5) is 8.24. The van der Waals surface area contributed by atoms with E-state index in [4.69, 9.17) is 0 Å². The number of rotatable bonds is 3. The Balaban J connectivity index is 1.32. The van der Waals surface area contributed by atoms with Gasteiger partial charge in [0.1, 0.15) is 5.82 Å². The molecule has 2 aliphatic carbocycles. The highest BCUT2D eigenvalue weighted by Gasteiger charge is 2.43. The number of nitrogens with one attached hydrogen (secondary N) is 2. The Labute approximate surface area is 185 Å². The molecule has 3 aromatic rings. The maximum Gasteiger partial charge on any atom is 0.123 e. The highest BCUT2D eigenvalue weighted by Crippen LogP contribution is 2.54. The molecule has 6 rings (SSSR count). The molecule has 0 radical (unpaired) electrons. The average Bonchev–Trinajstić information content (AvgIpc) is 3.58. The monoisotopic (exact) mass is 411 g/mol. The SMILES string of the molecule is Cc1ccc(-c2ccc(-c3cnc([C@@H]4C[C@H](C)CN4)[nH]3)cc2)c2c1CCC21CCCC1. The summed E-state index contributed by atoms with van der Waals surface area (Å²) >= 11 is 0. The topological polar surface area (TPSA) is 40.7 Å². The lowest BCUT2D eigenvalue weighted by atomic mass is 9.76. The van der Waals surface area contributed by atoms with Gasteiger partial charge < -0.3 is 10.3 Å². The molecule has 2 aromatic carbocycles. The second-order valence-corrected chi connectivity index (χ2v) is 10.3. The second-order valence-electron chi connectivity index (χ2n) is 10.3. The van der Waals surface area contributed by atoms with Crippen LogP contribution in [0.1, 0.15) is 74.0 Å². The molecule has 2 atom stereocenters. The van der Waals surface area contributed by atoms with Crippen molar-refractivity contribution in [3.63, 3.8) is 0 Å². The van der Waals surface area contributed by atoms with E-state index in [-0.39, 0.29) is 0 Å². The summed E-state index contributed by atoms with van der Waals surface area (Å²) in [5.74, 6) is 1.79. The summed E-state index contributed by atoms with van der Waals surface area (Å²) in [7, 11) is 0. The molecule has 3 nitrogen and oxygen atoms in total. The first-order valence-corrected chi connectivity index (χ1v) is 12.1. The number of benzene rings is 2. The summed E-state index contributed by atoms with van der Waals surface area (Å²) in [5.41, 5.74) is 10.4. The number of aryl methyl sites for hydroxylation is 1. The summed E-state index contributed by atoms with van der Waals surface area (Å²) in [6, 6.07) is 14.2. The molecule has 1 saturated carbocycles. The van der Waals surface area contributed by atoms with Gasteiger partial charge in [-0.05, 0) is 90.3 Å². The minimum absolute atomic E-state index is 0.362. The zero-order valence-corrected chi connectivity index (χ0v) is 18.8. The number of hydrogen-bond donors (Lipinski definition) is 2. The van der Waals surface area contributed by atoms with E-state index in [1.165, 1.54) is 60.8 Å². The van der Waals surface area contributed by atoms with Crippen LogP contribution in [-0.4, -0.2) is 16.5 Å². The molecule has 3 heteroatoms. The summed E-state index contributed by atoms with van der Waals surface area (Å²) < 4.78 is 0. The molecule has 3 aliphatic rings. The van der Waals surface area contributed by atoms with Gasteiger partial charge in [0.05, 0.1) is 17.9 Å². The lowest BCUT2D eigenvalue weighted by molar-refractivity contribution is 0.440. The molecule has 0 amide bonds. The van der Waals surface area contributed by atoms with Crippen LogP contribution in [0.3, 0.4) is 0 Å². The molecule has 1 aliphatic heterocycles. The first-order valence-electron chi connectivity index (χ1n) is 12.1. The van der Waals surface area contributed by atoms with Crippen LogP contribution in [-0.2, 0) is 11.8 Å². The standard InChI is InChI=1S/C28H33N3/c1-18-15-24(29-16-18)27-30-17-25(31-27)21-8-6-20(7-9-21)23-10-5-19(2)22-11-14-28(26(22)23)12-3-4-13-28/h5-10,17-18,24,29H,3-4,11-16H2,1-2H3,(H,30,31)/t18-,24-/m0/s1. The van der Waals surface area contributed by atoms with E-state index in [2.05, 4.69) is 65.5 Å². The normalized spacial score (nSPS) is 24.2. The Morgan fingerprint density at radius 3 is 2.48 bits per heavy atom. The van der Waals surface area contributed by atoms with Gasteiger partial charge in [-0.15, -0.1) is 0 Å². The number of H-pyrrole nitrogens is 1. The maximum absolute atomic E-state index is 4.68. The molecule has 0 bridgehead atoms. The van der Waals surface area contributed by atoms with Crippen molar-refractivity contribution in [2.24, 2.45) is 5.92 Å². The minimum Gasteiger partial charge on any atom is -0.341 e. The second kappa shape index (κ2) is 7.34. The van der Waals surface area contributed by atoms with Crippen LogP contribution in [0.2, 0.25) is 0 Å². The van der Waals surface area contributed by atoms with Gasteiger partial charge >= 0.3 is 0 Å².